The van der Waals surface area contributed by atoms with E-state index in [0.29, 0.717) is 55.7 Å². The van der Waals surface area contributed by atoms with Gasteiger partial charge in [-0.3, -0.25) is 43.2 Å². The summed E-state index contributed by atoms with van der Waals surface area (Å²) in [6, 6.07) is 22.2. The van der Waals surface area contributed by atoms with Crippen LogP contribution in [-0.2, 0) is 10.8 Å². The number of para-hydroxylation sites is 2. The minimum atomic E-state index is -1.70. The van der Waals surface area contributed by atoms with Gasteiger partial charge in [-0.05, 0) is 113 Å². The number of rotatable bonds is 14. The molecule has 10 aromatic rings. The molecule has 0 radical (unpaired) electrons. The summed E-state index contributed by atoms with van der Waals surface area (Å²) < 4.78 is 73.7. The molecule has 0 spiro atoms. The van der Waals surface area contributed by atoms with E-state index >= 15 is 8.78 Å². The summed E-state index contributed by atoms with van der Waals surface area (Å²) in [6.45, 7) is 5.08. The van der Waals surface area contributed by atoms with Gasteiger partial charge in [0, 0.05) is 88.2 Å². The monoisotopic (exact) mass is 1130 g/mol. The molecule has 0 bridgehead atoms. The zero-order chi connectivity index (χ0) is 56.2. The summed E-state index contributed by atoms with van der Waals surface area (Å²) in [5.41, 5.74) is 1.37. The highest BCUT2D eigenvalue weighted by Gasteiger charge is 2.25. The Morgan fingerprint density at radius 2 is 1.06 bits per heavy atom. The summed E-state index contributed by atoms with van der Waals surface area (Å²) in [6.07, 6.45) is 5.32. The van der Waals surface area contributed by atoms with Crippen molar-refractivity contribution in [2.75, 3.05) is 56.0 Å². The minimum Gasteiger partial charge on any atom is -0.344 e. The molecule has 6 heterocycles. The predicted octanol–water partition coefficient (Wildman–Crippen LogP) is 9.61. The van der Waals surface area contributed by atoms with Crippen molar-refractivity contribution < 1.29 is 31.4 Å². The van der Waals surface area contributed by atoms with Crippen LogP contribution in [0, 0.1) is 37.1 Å². The summed E-state index contributed by atoms with van der Waals surface area (Å²) in [5, 5.41) is 10.4. The highest BCUT2D eigenvalue weighted by atomic mass is 32.2. The molecule has 0 aliphatic heterocycles. The number of aryl methyl sites for hydroxylation is 2. The van der Waals surface area contributed by atoms with Crippen molar-refractivity contribution in [3.8, 4) is 33.9 Å². The van der Waals surface area contributed by atoms with Gasteiger partial charge in [0.05, 0.1) is 22.2 Å². The number of pyridine rings is 2. The minimum absolute atomic E-state index is 0.0444. The first kappa shape index (κ1) is 55.1. The maximum Gasteiger partial charge on any atom is 0.257 e. The van der Waals surface area contributed by atoms with E-state index in [2.05, 4.69) is 40.5 Å². The Hall–Kier alpha value is -8.71. The average molecular weight is 1130 g/mol. The molecule has 10 rings (SSSR count). The summed E-state index contributed by atoms with van der Waals surface area (Å²) >= 11 is 2.57. The van der Waals surface area contributed by atoms with E-state index in [1.807, 2.05) is 33.0 Å². The van der Waals surface area contributed by atoms with E-state index in [0.717, 1.165) is 58.0 Å². The SMILES string of the molecule is Cc1ccc(C(=O)Nc2nccs2)cc1-c1nc(N(C)CCCN(C)C)nc2c1ccc(=O)n2-c1c(F)cccc1F.Cc1ccc(C(=O)Nc2nccs2)cc1-c1nc(S(C)=O)nc2c1ccc(=O)n2-c1c(F)cccc1F. The van der Waals surface area contributed by atoms with Gasteiger partial charge in [0.15, 0.2) is 21.6 Å². The van der Waals surface area contributed by atoms with E-state index in [9.17, 15) is 32.2 Å². The average Bonchev–Trinajstić information content (AvgIpc) is 4.29. The van der Waals surface area contributed by atoms with Crippen molar-refractivity contribution in [1.82, 2.24) is 43.9 Å². The van der Waals surface area contributed by atoms with Crippen molar-refractivity contribution in [2.45, 2.75) is 25.4 Å². The maximum atomic E-state index is 15.0. The van der Waals surface area contributed by atoms with Crippen molar-refractivity contribution >= 4 is 83.6 Å². The number of carbonyl (C=O) groups is 2. The zero-order valence-electron chi connectivity index (χ0n) is 42.9. The van der Waals surface area contributed by atoms with Crippen LogP contribution in [-0.4, -0.2) is 100 Å². The van der Waals surface area contributed by atoms with Crippen LogP contribution in [0.1, 0.15) is 38.3 Å². The zero-order valence-corrected chi connectivity index (χ0v) is 45.4. The Bertz CT molecular complexity index is 4080. The van der Waals surface area contributed by atoms with Crippen LogP contribution >= 0.6 is 22.7 Å². The van der Waals surface area contributed by atoms with E-state index in [4.69, 9.17) is 4.98 Å². The summed E-state index contributed by atoms with van der Waals surface area (Å²) in [5.74, 6) is -4.22. The molecule has 0 aliphatic rings. The normalized spacial score (nSPS) is 11.6. The van der Waals surface area contributed by atoms with Crippen molar-refractivity contribution in [3.63, 3.8) is 0 Å². The van der Waals surface area contributed by atoms with Gasteiger partial charge >= 0.3 is 0 Å². The number of hydrogen-bond donors (Lipinski definition) is 2. The number of nitrogens with one attached hydrogen (secondary N) is 2. The molecular formula is C55H46F4N12O5S3. The molecule has 0 saturated carbocycles. The molecule has 1 atom stereocenters. The number of nitrogens with zero attached hydrogens (tertiary/aromatic N) is 10. The second-order valence-electron chi connectivity index (χ2n) is 18.0. The molecule has 0 aliphatic carbocycles. The number of anilines is 3. The van der Waals surface area contributed by atoms with Crippen LogP contribution < -0.4 is 26.7 Å². The van der Waals surface area contributed by atoms with Crippen molar-refractivity contribution in [1.29, 1.82) is 0 Å². The van der Waals surface area contributed by atoms with Crippen LogP contribution in [0.5, 0.6) is 0 Å². The molecule has 4 aromatic carbocycles. The van der Waals surface area contributed by atoms with Gasteiger partial charge in [-0.1, -0.05) is 24.3 Å². The number of thiazole rings is 2. The lowest BCUT2D eigenvalue weighted by Crippen LogP contribution is -2.26. The van der Waals surface area contributed by atoms with E-state index in [1.54, 1.807) is 72.5 Å². The Morgan fingerprint density at radius 3 is 1.49 bits per heavy atom. The Labute approximate surface area is 458 Å². The van der Waals surface area contributed by atoms with Crippen LogP contribution in [0.15, 0.2) is 135 Å². The quantitative estimate of drug-likeness (QED) is 0.0770. The molecule has 402 valence electrons. The largest absolute Gasteiger partial charge is 0.344 e. The molecule has 2 N–H and O–H groups in total. The first-order valence-electron chi connectivity index (χ1n) is 24.0. The summed E-state index contributed by atoms with van der Waals surface area (Å²) in [7, 11) is 4.07. The topological polar surface area (TPSA) is 203 Å². The number of benzene rings is 4. The Kier molecular flexibility index (Phi) is 16.4. The predicted molar refractivity (Wildman–Crippen MR) is 299 cm³/mol. The van der Waals surface area contributed by atoms with Gasteiger partial charge in [0.2, 0.25) is 11.1 Å². The number of hydrogen-bond acceptors (Lipinski definition) is 15. The number of carbonyl (C=O) groups excluding carboxylic acids is 2. The van der Waals surface area contributed by atoms with Gasteiger partial charge in [-0.2, -0.15) is 4.98 Å². The van der Waals surface area contributed by atoms with Crippen LogP contribution in [0.2, 0.25) is 0 Å². The molecule has 79 heavy (non-hydrogen) atoms. The van der Waals surface area contributed by atoms with Gasteiger partial charge in [-0.15, -0.1) is 22.7 Å². The van der Waals surface area contributed by atoms with E-state index in [1.165, 1.54) is 53.2 Å². The van der Waals surface area contributed by atoms with Crippen LogP contribution in [0.3, 0.4) is 0 Å². The number of fused-ring (bicyclic) bond motifs is 2. The number of amides is 2. The lowest BCUT2D eigenvalue weighted by molar-refractivity contribution is 0.101. The number of aromatic nitrogens is 8. The highest BCUT2D eigenvalue weighted by molar-refractivity contribution is 7.84. The smallest absolute Gasteiger partial charge is 0.257 e. The van der Waals surface area contributed by atoms with E-state index in [-0.39, 0.29) is 39.4 Å². The second-order valence-corrected chi connectivity index (χ2v) is 21.1. The first-order valence-corrected chi connectivity index (χ1v) is 27.3. The molecule has 6 aromatic heterocycles. The van der Waals surface area contributed by atoms with E-state index < -0.39 is 62.5 Å². The Balaban J connectivity index is 0.000000193. The molecule has 2 amide bonds. The lowest BCUT2D eigenvalue weighted by Gasteiger charge is -2.21. The fourth-order valence-electron chi connectivity index (χ4n) is 8.42. The standard InChI is InChI=1S/C30H29F2N7O2S.C25H17F2N5O3S2/c1-18-9-10-19(28(41)36-30-33-13-16-42-30)17-21(18)25-20-11-12-24(40)39(26-22(31)7-5-8-23(26)32)27(20)35-29(34-25)38(4)15-6-14-37(2)3;1-13-6-7-14(23(34)31-24-28-10-11-36-24)12-16(13)20-15-8-9-19(33)32(21-17(26)4-3-5-18(21)27)22(15)30-25(29-20)37(2)35/h5,7-13,16-17H,6,14-15H2,1-4H3,(H,33,36,41);3-12H,1-2H3,(H,28,31,34). The van der Waals surface area contributed by atoms with Crippen molar-refractivity contribution in [2.24, 2.45) is 0 Å². The Morgan fingerprint density at radius 1 is 0.608 bits per heavy atom. The van der Waals surface area contributed by atoms with Crippen LogP contribution in [0.25, 0.3) is 56.0 Å². The van der Waals surface area contributed by atoms with Gasteiger partial charge in [0.25, 0.3) is 22.9 Å². The van der Waals surface area contributed by atoms with Gasteiger partial charge in [-0.25, -0.2) is 42.5 Å². The fraction of sp³-hybridized carbons (Fsp3) is 0.164. The molecule has 1 unspecified atom stereocenters. The molecule has 17 nitrogen and oxygen atoms in total. The third-order valence-corrected chi connectivity index (χ3v) is 14.4. The molecule has 0 fully saturated rings. The lowest BCUT2D eigenvalue weighted by atomic mass is 9.99. The summed E-state index contributed by atoms with van der Waals surface area (Å²) in [4.78, 5) is 82.2. The molecule has 24 heteroatoms. The number of halogens is 4. The second kappa shape index (κ2) is 23.5. The molecule has 0 saturated heterocycles. The first-order chi connectivity index (χ1) is 37.9. The maximum absolute atomic E-state index is 15.0. The fourth-order valence-corrected chi connectivity index (χ4v) is 9.90. The molecular weight excluding hydrogens is 1080 g/mol. The van der Waals surface area contributed by atoms with Crippen molar-refractivity contribution in [3.05, 3.63) is 186 Å². The third-order valence-electron chi connectivity index (χ3n) is 12.3. The van der Waals surface area contributed by atoms with Gasteiger partial charge < -0.3 is 9.80 Å². The van der Waals surface area contributed by atoms with Crippen LogP contribution in [0.4, 0.5) is 33.8 Å². The highest BCUT2D eigenvalue weighted by Crippen LogP contribution is 2.34. The van der Waals surface area contributed by atoms with Gasteiger partial charge in [0.1, 0.15) is 34.6 Å². The third kappa shape index (κ3) is 11.8.